The Morgan fingerprint density at radius 3 is 2.24 bits per heavy atom. The Labute approximate surface area is 168 Å². The number of halogens is 1. The van der Waals surface area contributed by atoms with Crippen molar-refractivity contribution in [2.24, 2.45) is 0 Å². The van der Waals surface area contributed by atoms with E-state index in [1.807, 2.05) is 18.7 Å². The molecule has 1 aliphatic rings. The molecule has 1 saturated heterocycles. The summed E-state index contributed by atoms with van der Waals surface area (Å²) in [6.45, 7) is 4.79. The molecule has 0 radical (unpaired) electrons. The van der Waals surface area contributed by atoms with Gasteiger partial charge >= 0.3 is 0 Å². The summed E-state index contributed by atoms with van der Waals surface area (Å²) >= 11 is 0. The predicted molar refractivity (Wildman–Crippen MR) is 106 cm³/mol. The Hall–Kier alpha value is -2.71. The van der Waals surface area contributed by atoms with Gasteiger partial charge in [0.15, 0.2) is 0 Å². The number of nitrogens with zero attached hydrogens (tertiary/aromatic N) is 2. The summed E-state index contributed by atoms with van der Waals surface area (Å²) in [7, 11) is -3.91. The van der Waals surface area contributed by atoms with E-state index >= 15 is 0 Å². The molecule has 0 N–H and O–H groups in total. The third kappa shape index (κ3) is 3.90. The zero-order valence-corrected chi connectivity index (χ0v) is 16.9. The summed E-state index contributed by atoms with van der Waals surface area (Å²) in [5.41, 5.74) is 0.497. The lowest BCUT2D eigenvalue weighted by Crippen LogP contribution is -2.45. The third-order valence-electron chi connectivity index (χ3n) is 4.69. The molecular formula is C21H21FN2O4S. The van der Waals surface area contributed by atoms with E-state index in [-0.39, 0.29) is 33.9 Å². The maximum absolute atomic E-state index is 13.3. The fourth-order valence-electron chi connectivity index (χ4n) is 3.44. The van der Waals surface area contributed by atoms with Crippen LogP contribution in [0.2, 0.25) is 0 Å². The second-order valence-electron chi connectivity index (χ2n) is 7.12. The molecule has 4 rings (SSSR count). The molecule has 0 aliphatic carbocycles. The van der Waals surface area contributed by atoms with Gasteiger partial charge in [-0.2, -0.15) is 4.98 Å². The van der Waals surface area contributed by atoms with Gasteiger partial charge in [-0.15, -0.1) is 0 Å². The zero-order chi connectivity index (χ0) is 20.6. The first-order chi connectivity index (χ1) is 13.8. The quantitative estimate of drug-likeness (QED) is 0.642. The van der Waals surface area contributed by atoms with Crippen LogP contribution >= 0.6 is 0 Å². The number of hydrogen-bond donors (Lipinski definition) is 0. The van der Waals surface area contributed by atoms with E-state index in [0.29, 0.717) is 18.7 Å². The van der Waals surface area contributed by atoms with Gasteiger partial charge in [-0.1, -0.05) is 18.2 Å². The lowest BCUT2D eigenvalue weighted by molar-refractivity contribution is -0.00657. The minimum atomic E-state index is -3.91. The first-order valence-corrected chi connectivity index (χ1v) is 10.8. The molecule has 0 bridgehead atoms. The Balaban J connectivity index is 1.85. The van der Waals surface area contributed by atoms with E-state index < -0.39 is 15.7 Å². The number of rotatable bonds is 4. The Bertz CT molecular complexity index is 1090. The van der Waals surface area contributed by atoms with E-state index in [4.69, 9.17) is 9.15 Å². The minimum absolute atomic E-state index is 0.0922. The van der Waals surface area contributed by atoms with Crippen molar-refractivity contribution in [3.63, 3.8) is 0 Å². The molecule has 1 aromatic heterocycles. The molecule has 29 heavy (non-hydrogen) atoms. The molecule has 2 aromatic carbocycles. The van der Waals surface area contributed by atoms with Gasteiger partial charge in [0.2, 0.25) is 26.6 Å². The van der Waals surface area contributed by atoms with Gasteiger partial charge in [-0.3, -0.25) is 0 Å². The summed E-state index contributed by atoms with van der Waals surface area (Å²) < 4.78 is 51.6. The van der Waals surface area contributed by atoms with Crippen molar-refractivity contribution >= 4 is 15.7 Å². The highest BCUT2D eigenvalue weighted by Crippen LogP contribution is 2.35. The number of ether oxygens (including phenoxy) is 1. The smallest absolute Gasteiger partial charge is 0.236 e. The normalized spacial score (nSPS) is 20.0. The molecule has 0 saturated carbocycles. The molecular weight excluding hydrogens is 395 g/mol. The number of aromatic nitrogens is 1. The van der Waals surface area contributed by atoms with Crippen molar-refractivity contribution in [1.82, 2.24) is 4.98 Å². The first-order valence-electron chi connectivity index (χ1n) is 9.32. The van der Waals surface area contributed by atoms with Crippen molar-refractivity contribution in [3.8, 4) is 11.5 Å². The van der Waals surface area contributed by atoms with E-state index in [1.54, 1.807) is 18.2 Å². The fourth-order valence-corrected chi connectivity index (χ4v) is 4.79. The van der Waals surface area contributed by atoms with E-state index in [9.17, 15) is 12.8 Å². The summed E-state index contributed by atoms with van der Waals surface area (Å²) in [5, 5.41) is -0.149. The minimum Gasteiger partial charge on any atom is -0.419 e. The van der Waals surface area contributed by atoms with E-state index in [0.717, 1.165) is 0 Å². The molecule has 0 spiro atoms. The molecule has 1 aliphatic heterocycles. The van der Waals surface area contributed by atoms with Crippen LogP contribution in [0.1, 0.15) is 13.8 Å². The standard InChI is InChI=1S/C21H21FN2O4S/c1-14-12-24(13-15(2)27-14)21-20(29(25,26)18-6-4-3-5-7-18)23-19(28-21)16-8-10-17(22)11-9-16/h3-11,14-15H,12-13H2,1-2H3/t14-,15+. The molecule has 152 valence electrons. The van der Waals surface area contributed by atoms with Gasteiger partial charge in [0, 0.05) is 18.7 Å². The Kier molecular flexibility index (Phi) is 5.14. The number of benzene rings is 2. The maximum atomic E-state index is 13.3. The van der Waals surface area contributed by atoms with Crippen LogP contribution in [0.15, 0.2) is 68.9 Å². The van der Waals surface area contributed by atoms with Crippen LogP contribution in [0.4, 0.5) is 10.3 Å². The largest absolute Gasteiger partial charge is 0.419 e. The lowest BCUT2D eigenvalue weighted by Gasteiger charge is -2.35. The van der Waals surface area contributed by atoms with Gasteiger partial charge in [-0.05, 0) is 50.2 Å². The number of oxazole rings is 1. The van der Waals surface area contributed by atoms with Gasteiger partial charge < -0.3 is 14.1 Å². The zero-order valence-electron chi connectivity index (χ0n) is 16.1. The summed E-state index contributed by atoms with van der Waals surface area (Å²) in [6, 6.07) is 13.7. The highest BCUT2D eigenvalue weighted by molar-refractivity contribution is 7.91. The fraction of sp³-hybridized carbons (Fsp3) is 0.286. The average Bonchev–Trinajstić information content (AvgIpc) is 3.15. The van der Waals surface area contributed by atoms with Gasteiger partial charge in [-0.25, -0.2) is 12.8 Å². The Morgan fingerprint density at radius 2 is 1.62 bits per heavy atom. The average molecular weight is 416 g/mol. The Morgan fingerprint density at radius 1 is 1.00 bits per heavy atom. The molecule has 3 aromatic rings. The van der Waals surface area contributed by atoms with Crippen LogP contribution < -0.4 is 4.90 Å². The van der Waals surface area contributed by atoms with Gasteiger partial charge in [0.25, 0.3) is 0 Å². The molecule has 1 fully saturated rings. The van der Waals surface area contributed by atoms with Crippen LogP contribution in [0.3, 0.4) is 0 Å². The molecule has 0 unspecified atom stereocenters. The van der Waals surface area contributed by atoms with Crippen LogP contribution in [0.25, 0.3) is 11.5 Å². The van der Waals surface area contributed by atoms with Crippen LogP contribution in [-0.4, -0.2) is 38.7 Å². The number of anilines is 1. The van der Waals surface area contributed by atoms with E-state index in [1.165, 1.54) is 36.4 Å². The molecule has 2 atom stereocenters. The second-order valence-corrected chi connectivity index (χ2v) is 8.98. The van der Waals surface area contributed by atoms with Gasteiger partial charge in [0.05, 0.1) is 17.1 Å². The van der Waals surface area contributed by atoms with Crippen molar-refractivity contribution in [2.75, 3.05) is 18.0 Å². The van der Waals surface area contributed by atoms with Crippen molar-refractivity contribution in [3.05, 3.63) is 60.4 Å². The monoisotopic (exact) mass is 416 g/mol. The lowest BCUT2D eigenvalue weighted by atomic mass is 10.2. The second kappa shape index (κ2) is 7.61. The van der Waals surface area contributed by atoms with Crippen molar-refractivity contribution in [2.45, 2.75) is 36.0 Å². The molecule has 8 heteroatoms. The topological polar surface area (TPSA) is 72.6 Å². The maximum Gasteiger partial charge on any atom is 0.236 e. The summed E-state index contributed by atoms with van der Waals surface area (Å²) in [4.78, 5) is 6.30. The molecule has 0 amide bonds. The van der Waals surface area contributed by atoms with Crippen LogP contribution in [0.5, 0.6) is 0 Å². The summed E-state index contributed by atoms with van der Waals surface area (Å²) in [6.07, 6.45) is -0.184. The van der Waals surface area contributed by atoms with Gasteiger partial charge in [0.1, 0.15) is 5.82 Å². The number of hydrogen-bond acceptors (Lipinski definition) is 6. The van der Waals surface area contributed by atoms with Crippen LogP contribution in [-0.2, 0) is 14.6 Å². The predicted octanol–water partition coefficient (Wildman–Crippen LogP) is 3.93. The molecule has 2 heterocycles. The number of sulfone groups is 1. The first kappa shape index (κ1) is 19.6. The van der Waals surface area contributed by atoms with Crippen LogP contribution in [0, 0.1) is 5.82 Å². The summed E-state index contributed by atoms with van der Waals surface area (Å²) in [5.74, 6) is -0.0926. The number of morpholine rings is 1. The highest BCUT2D eigenvalue weighted by Gasteiger charge is 2.34. The third-order valence-corrected chi connectivity index (χ3v) is 6.35. The van der Waals surface area contributed by atoms with E-state index in [2.05, 4.69) is 4.98 Å². The van der Waals surface area contributed by atoms with Crippen molar-refractivity contribution < 1.29 is 22.0 Å². The SMILES string of the molecule is C[C@@H]1CN(c2oc(-c3ccc(F)cc3)nc2S(=O)(=O)c2ccccc2)C[C@H](C)O1. The molecule has 6 nitrogen and oxygen atoms in total. The van der Waals surface area contributed by atoms with Crippen molar-refractivity contribution in [1.29, 1.82) is 0 Å². The highest BCUT2D eigenvalue weighted by atomic mass is 32.2.